The Balaban J connectivity index is 1.46. The van der Waals surface area contributed by atoms with Crippen molar-refractivity contribution in [2.75, 3.05) is 58.2 Å². The van der Waals surface area contributed by atoms with Gasteiger partial charge in [-0.25, -0.2) is 4.98 Å². The molecule has 0 aliphatic carbocycles. The summed E-state index contributed by atoms with van der Waals surface area (Å²) in [5.74, 6) is 0.233. The lowest BCUT2D eigenvalue weighted by Gasteiger charge is -2.39. The topological polar surface area (TPSA) is 74.9 Å². The fourth-order valence-corrected chi connectivity index (χ4v) is 3.86. The molecule has 3 rings (SSSR count). The predicted molar refractivity (Wildman–Crippen MR) is 90.2 cm³/mol. The lowest BCUT2D eigenvalue weighted by molar-refractivity contribution is -0.141. The van der Waals surface area contributed by atoms with Gasteiger partial charge in [0.15, 0.2) is 5.13 Å². The van der Waals surface area contributed by atoms with E-state index in [1.165, 1.54) is 4.88 Å². The van der Waals surface area contributed by atoms with Crippen LogP contribution in [0.25, 0.3) is 0 Å². The Morgan fingerprint density at radius 3 is 2.61 bits per heavy atom. The number of morpholine rings is 1. The van der Waals surface area contributed by atoms with Gasteiger partial charge in [-0.05, 0) is 6.92 Å². The minimum Gasteiger partial charge on any atom is -0.378 e. The highest BCUT2D eigenvalue weighted by atomic mass is 32.1. The summed E-state index contributed by atoms with van der Waals surface area (Å²) in [6, 6.07) is -0.0469. The van der Waals surface area contributed by atoms with Crippen molar-refractivity contribution in [1.82, 2.24) is 19.7 Å². The molecule has 1 amide bonds. The summed E-state index contributed by atoms with van der Waals surface area (Å²) in [4.78, 5) is 24.5. The first-order valence-corrected chi connectivity index (χ1v) is 8.98. The zero-order chi connectivity index (χ0) is 16.2. The number of nitrogens with two attached hydrogens (primary N) is 1. The van der Waals surface area contributed by atoms with E-state index < -0.39 is 0 Å². The molecule has 0 aromatic carbocycles. The van der Waals surface area contributed by atoms with Crippen molar-refractivity contribution in [3.8, 4) is 0 Å². The number of amides is 1. The molecule has 7 nitrogen and oxygen atoms in total. The van der Waals surface area contributed by atoms with Crippen LogP contribution in [0.3, 0.4) is 0 Å². The summed E-state index contributed by atoms with van der Waals surface area (Å²) in [5.41, 5.74) is 5.68. The van der Waals surface area contributed by atoms with Gasteiger partial charge in [-0.15, -0.1) is 11.3 Å². The second-order valence-electron chi connectivity index (χ2n) is 6.09. The maximum Gasteiger partial charge on any atom is 0.239 e. The Kier molecular flexibility index (Phi) is 5.47. The standard InChI is InChI=1S/C15H25N5O2S/c1-12(14(21)20-6-8-22-9-7-20)19-4-2-18(3-5-19)11-13-10-17-15(16)23-13/h10,12H,2-9,11H2,1H3,(H2,16,17). The minimum atomic E-state index is -0.0469. The van der Waals surface area contributed by atoms with E-state index in [4.69, 9.17) is 10.5 Å². The van der Waals surface area contributed by atoms with E-state index in [1.807, 2.05) is 18.0 Å². The number of anilines is 1. The van der Waals surface area contributed by atoms with Crippen LogP contribution in [0.4, 0.5) is 5.13 Å². The molecule has 2 saturated heterocycles. The zero-order valence-corrected chi connectivity index (χ0v) is 14.4. The molecular formula is C15H25N5O2S. The fourth-order valence-electron chi connectivity index (χ4n) is 3.13. The quantitative estimate of drug-likeness (QED) is 0.838. The van der Waals surface area contributed by atoms with Gasteiger partial charge in [0.1, 0.15) is 0 Å². The number of aromatic nitrogens is 1. The van der Waals surface area contributed by atoms with E-state index in [1.54, 1.807) is 11.3 Å². The first-order chi connectivity index (χ1) is 11.1. The van der Waals surface area contributed by atoms with Crippen molar-refractivity contribution in [2.45, 2.75) is 19.5 Å². The first kappa shape index (κ1) is 16.6. The molecule has 1 aromatic rings. The number of piperazine rings is 1. The van der Waals surface area contributed by atoms with E-state index >= 15 is 0 Å². The van der Waals surface area contributed by atoms with Crippen LogP contribution in [0, 0.1) is 0 Å². The summed E-state index contributed by atoms with van der Waals surface area (Å²) in [6.07, 6.45) is 1.86. The van der Waals surface area contributed by atoms with Crippen LogP contribution in [0.5, 0.6) is 0 Å². The third kappa shape index (κ3) is 4.20. The maximum atomic E-state index is 12.6. The average molecular weight is 339 g/mol. The summed E-state index contributed by atoms with van der Waals surface area (Å²) >= 11 is 1.55. The number of hydrogen-bond acceptors (Lipinski definition) is 7. The molecule has 0 bridgehead atoms. The zero-order valence-electron chi connectivity index (χ0n) is 13.6. The van der Waals surface area contributed by atoms with Gasteiger partial charge in [-0.3, -0.25) is 14.6 Å². The largest absolute Gasteiger partial charge is 0.378 e. The summed E-state index contributed by atoms with van der Waals surface area (Å²) in [7, 11) is 0. The number of rotatable bonds is 4. The van der Waals surface area contributed by atoms with Crippen molar-refractivity contribution >= 4 is 22.4 Å². The molecule has 8 heteroatoms. The van der Waals surface area contributed by atoms with Crippen LogP contribution in [-0.4, -0.2) is 84.1 Å². The molecule has 2 N–H and O–H groups in total. The van der Waals surface area contributed by atoms with Crippen LogP contribution < -0.4 is 5.73 Å². The number of carbonyl (C=O) groups is 1. The van der Waals surface area contributed by atoms with Crippen molar-refractivity contribution in [2.24, 2.45) is 0 Å². The van der Waals surface area contributed by atoms with E-state index in [9.17, 15) is 4.79 Å². The minimum absolute atomic E-state index is 0.0469. The van der Waals surface area contributed by atoms with E-state index in [0.29, 0.717) is 18.3 Å². The van der Waals surface area contributed by atoms with E-state index in [-0.39, 0.29) is 11.9 Å². The molecule has 0 spiro atoms. The van der Waals surface area contributed by atoms with Crippen LogP contribution in [0.15, 0.2) is 6.20 Å². The Morgan fingerprint density at radius 1 is 1.30 bits per heavy atom. The first-order valence-electron chi connectivity index (χ1n) is 8.16. The normalized spacial score (nSPS) is 22.2. The number of carbonyl (C=O) groups excluding carboxylic acids is 1. The van der Waals surface area contributed by atoms with Crippen LogP contribution in [0.2, 0.25) is 0 Å². The second kappa shape index (κ2) is 7.57. The van der Waals surface area contributed by atoms with Gasteiger partial charge in [0.2, 0.25) is 5.91 Å². The van der Waals surface area contributed by atoms with Gasteiger partial charge in [0.05, 0.1) is 19.3 Å². The van der Waals surface area contributed by atoms with E-state index in [0.717, 1.165) is 45.8 Å². The van der Waals surface area contributed by atoms with Crippen molar-refractivity contribution in [1.29, 1.82) is 0 Å². The Bertz CT molecular complexity index is 524. The van der Waals surface area contributed by atoms with Gasteiger partial charge in [0.25, 0.3) is 0 Å². The highest BCUT2D eigenvalue weighted by Gasteiger charge is 2.29. The molecule has 0 radical (unpaired) electrons. The SMILES string of the molecule is CC(C(=O)N1CCOCC1)N1CCN(Cc2cnc(N)s2)CC1. The molecule has 23 heavy (non-hydrogen) atoms. The van der Waals surface area contributed by atoms with Crippen molar-refractivity contribution in [3.05, 3.63) is 11.1 Å². The molecular weight excluding hydrogens is 314 g/mol. The third-order valence-corrected chi connectivity index (χ3v) is 5.40. The van der Waals surface area contributed by atoms with Gasteiger partial charge in [-0.2, -0.15) is 0 Å². The number of nitrogens with zero attached hydrogens (tertiary/aromatic N) is 4. The van der Waals surface area contributed by atoms with Crippen LogP contribution in [0.1, 0.15) is 11.8 Å². The maximum absolute atomic E-state index is 12.6. The summed E-state index contributed by atoms with van der Waals surface area (Å²) < 4.78 is 5.32. The molecule has 128 valence electrons. The summed E-state index contributed by atoms with van der Waals surface area (Å²) in [6.45, 7) is 9.46. The molecule has 3 heterocycles. The lowest BCUT2D eigenvalue weighted by atomic mass is 10.2. The monoisotopic (exact) mass is 339 g/mol. The molecule has 2 aliphatic heterocycles. The second-order valence-corrected chi connectivity index (χ2v) is 7.24. The Morgan fingerprint density at radius 2 is 2.00 bits per heavy atom. The highest BCUT2D eigenvalue weighted by Crippen LogP contribution is 2.18. The predicted octanol–water partition coefficient (Wildman–Crippen LogP) is 0.0902. The molecule has 1 aromatic heterocycles. The van der Waals surface area contributed by atoms with Gasteiger partial charge < -0.3 is 15.4 Å². The number of thiazole rings is 1. The van der Waals surface area contributed by atoms with Gasteiger partial charge in [0, 0.05) is 56.9 Å². The Hall–Kier alpha value is -1.22. The molecule has 2 fully saturated rings. The third-order valence-electron chi connectivity index (χ3n) is 4.59. The van der Waals surface area contributed by atoms with E-state index in [2.05, 4.69) is 14.8 Å². The molecule has 1 unspecified atom stereocenters. The molecule has 0 saturated carbocycles. The average Bonchev–Trinajstić information content (AvgIpc) is 3.00. The smallest absolute Gasteiger partial charge is 0.239 e. The number of ether oxygens (including phenoxy) is 1. The number of nitrogen functional groups attached to an aromatic ring is 1. The van der Waals surface area contributed by atoms with Gasteiger partial charge >= 0.3 is 0 Å². The molecule has 2 aliphatic rings. The molecule has 1 atom stereocenters. The van der Waals surface area contributed by atoms with Crippen LogP contribution >= 0.6 is 11.3 Å². The lowest BCUT2D eigenvalue weighted by Crippen LogP contribution is -2.55. The van der Waals surface area contributed by atoms with Crippen LogP contribution in [-0.2, 0) is 16.1 Å². The van der Waals surface area contributed by atoms with Crippen molar-refractivity contribution in [3.63, 3.8) is 0 Å². The van der Waals surface area contributed by atoms with Crippen molar-refractivity contribution < 1.29 is 9.53 Å². The highest BCUT2D eigenvalue weighted by molar-refractivity contribution is 7.15. The van der Waals surface area contributed by atoms with Gasteiger partial charge in [-0.1, -0.05) is 0 Å². The number of hydrogen-bond donors (Lipinski definition) is 1. The fraction of sp³-hybridized carbons (Fsp3) is 0.733. The Labute approximate surface area is 141 Å². The summed E-state index contributed by atoms with van der Waals surface area (Å²) in [5, 5.41) is 0.628.